The molecule has 0 saturated carbocycles. The van der Waals surface area contributed by atoms with Crippen LogP contribution in [0.2, 0.25) is 0 Å². The molecule has 1 nitrogen and oxygen atoms in total. The molecule has 0 bridgehead atoms. The number of aromatic nitrogens is 1. The van der Waals surface area contributed by atoms with E-state index < -0.39 is 0 Å². The Morgan fingerprint density at radius 1 is 0.750 bits per heavy atom. The van der Waals surface area contributed by atoms with Crippen molar-refractivity contribution in [1.29, 1.82) is 0 Å². The van der Waals surface area contributed by atoms with Crippen LogP contribution in [0.5, 0.6) is 0 Å². The van der Waals surface area contributed by atoms with Crippen molar-refractivity contribution in [3.8, 4) is 11.3 Å². The average molecular weight is 309 g/mol. The Bertz CT molecular complexity index is 1010. The summed E-state index contributed by atoms with van der Waals surface area (Å²) in [5.74, 6) is 0. The third kappa shape index (κ3) is 2.26. The van der Waals surface area contributed by atoms with Crippen LogP contribution in [0.4, 0.5) is 0 Å². The lowest BCUT2D eigenvalue weighted by Gasteiger charge is -2.11. The topological polar surface area (TPSA) is 4.93 Å². The maximum Gasteiger partial charge on any atom is 0.0568 e. The van der Waals surface area contributed by atoms with Gasteiger partial charge in [-0.2, -0.15) is 0 Å². The summed E-state index contributed by atoms with van der Waals surface area (Å²) in [5, 5.41) is 1.24. The quantitative estimate of drug-likeness (QED) is 0.443. The highest BCUT2D eigenvalue weighted by atomic mass is 15.0. The number of rotatable bonds is 3. The summed E-state index contributed by atoms with van der Waals surface area (Å²) in [6.07, 6.45) is 0. The van der Waals surface area contributed by atoms with Crippen LogP contribution in [0.15, 0.2) is 91.5 Å². The lowest BCUT2D eigenvalue weighted by atomic mass is 9.94. The molecule has 4 aromatic rings. The van der Waals surface area contributed by atoms with E-state index in [0.717, 1.165) is 11.1 Å². The molecular weight excluding hydrogens is 290 g/mol. The molecule has 1 aromatic heterocycles. The number of nitrogens with zero attached hydrogens (tertiary/aromatic N) is 1. The molecule has 0 N–H and O–H groups in total. The van der Waals surface area contributed by atoms with Gasteiger partial charge in [-0.25, -0.2) is 0 Å². The molecule has 1 heterocycles. The summed E-state index contributed by atoms with van der Waals surface area (Å²) < 4.78 is 2.27. The van der Waals surface area contributed by atoms with Crippen LogP contribution in [0.1, 0.15) is 11.1 Å². The van der Waals surface area contributed by atoms with E-state index in [0.29, 0.717) is 0 Å². The molecule has 1 heteroatoms. The zero-order valence-electron chi connectivity index (χ0n) is 13.7. The van der Waals surface area contributed by atoms with E-state index in [4.69, 9.17) is 0 Å². The van der Waals surface area contributed by atoms with Crippen LogP contribution in [0.3, 0.4) is 0 Å². The maximum absolute atomic E-state index is 4.43. The minimum Gasteiger partial charge on any atom is -0.343 e. The van der Waals surface area contributed by atoms with Gasteiger partial charge in [-0.15, -0.1) is 0 Å². The Kier molecular flexibility index (Phi) is 3.55. The van der Waals surface area contributed by atoms with Gasteiger partial charge in [0.1, 0.15) is 0 Å². The van der Waals surface area contributed by atoms with Gasteiger partial charge in [-0.3, -0.25) is 0 Å². The van der Waals surface area contributed by atoms with Crippen molar-refractivity contribution in [3.63, 3.8) is 0 Å². The molecule has 3 aromatic carbocycles. The van der Waals surface area contributed by atoms with Crippen LogP contribution >= 0.6 is 0 Å². The van der Waals surface area contributed by atoms with Crippen LogP contribution in [0, 0.1) is 0 Å². The van der Waals surface area contributed by atoms with Crippen molar-refractivity contribution in [3.05, 3.63) is 103 Å². The summed E-state index contributed by atoms with van der Waals surface area (Å²) in [5.41, 5.74) is 7.08. The van der Waals surface area contributed by atoms with Crippen LogP contribution in [0.25, 0.3) is 27.7 Å². The van der Waals surface area contributed by atoms with E-state index >= 15 is 0 Å². The van der Waals surface area contributed by atoms with Gasteiger partial charge < -0.3 is 4.57 Å². The molecule has 4 rings (SSSR count). The summed E-state index contributed by atoms with van der Waals surface area (Å²) in [6.45, 7) is 4.43. The molecule has 0 amide bonds. The largest absolute Gasteiger partial charge is 0.343 e. The number of hydrogen-bond donors (Lipinski definition) is 0. The number of para-hydroxylation sites is 1. The highest BCUT2D eigenvalue weighted by molar-refractivity contribution is 6.03. The average Bonchev–Trinajstić information content (AvgIpc) is 2.95. The first-order valence-electron chi connectivity index (χ1n) is 8.15. The lowest BCUT2D eigenvalue weighted by Crippen LogP contribution is -1.94. The fourth-order valence-corrected chi connectivity index (χ4v) is 3.42. The van der Waals surface area contributed by atoms with E-state index in [1.807, 2.05) is 6.07 Å². The fourth-order valence-electron chi connectivity index (χ4n) is 3.42. The van der Waals surface area contributed by atoms with E-state index in [2.05, 4.69) is 97.1 Å². The zero-order valence-corrected chi connectivity index (χ0v) is 13.7. The van der Waals surface area contributed by atoms with Gasteiger partial charge in [0.05, 0.1) is 5.69 Å². The monoisotopic (exact) mass is 309 g/mol. The Morgan fingerprint density at radius 2 is 1.33 bits per heavy atom. The number of hydrogen-bond acceptors (Lipinski definition) is 0. The van der Waals surface area contributed by atoms with Gasteiger partial charge in [-0.05, 0) is 22.8 Å². The van der Waals surface area contributed by atoms with Gasteiger partial charge in [0.25, 0.3) is 0 Å². The van der Waals surface area contributed by atoms with Crippen molar-refractivity contribution >= 4 is 16.5 Å². The third-order valence-corrected chi connectivity index (χ3v) is 4.58. The second-order valence-corrected chi connectivity index (χ2v) is 6.01. The number of benzene rings is 3. The van der Waals surface area contributed by atoms with Crippen molar-refractivity contribution in [2.45, 2.75) is 0 Å². The first-order valence-corrected chi connectivity index (χ1v) is 8.15. The van der Waals surface area contributed by atoms with Crippen LogP contribution in [-0.2, 0) is 7.05 Å². The van der Waals surface area contributed by atoms with E-state index in [-0.39, 0.29) is 0 Å². The molecule has 0 aliphatic carbocycles. The molecule has 0 unspecified atom stereocenters. The van der Waals surface area contributed by atoms with Crippen molar-refractivity contribution in [2.24, 2.45) is 7.05 Å². The SMILES string of the molecule is C=C(c1ccccc1)c1c(-c2ccccc2)n(C)c2ccccc12. The Hall–Kier alpha value is -3.06. The van der Waals surface area contributed by atoms with Gasteiger partial charge in [-0.1, -0.05) is 85.4 Å². The van der Waals surface area contributed by atoms with Gasteiger partial charge in [0, 0.05) is 23.5 Å². The van der Waals surface area contributed by atoms with E-state index in [1.165, 1.54) is 27.7 Å². The first-order chi connectivity index (χ1) is 11.8. The minimum absolute atomic E-state index is 1.06. The van der Waals surface area contributed by atoms with Crippen LogP contribution < -0.4 is 0 Å². The maximum atomic E-state index is 4.43. The molecule has 0 aliphatic heterocycles. The molecule has 0 radical (unpaired) electrons. The van der Waals surface area contributed by atoms with Gasteiger partial charge >= 0.3 is 0 Å². The standard InChI is InChI=1S/C23H19N/c1-17(18-11-5-3-6-12-18)22-20-15-9-10-16-21(20)24(2)23(22)19-13-7-4-8-14-19/h3-16H,1H2,2H3. The first kappa shape index (κ1) is 14.5. The normalized spacial score (nSPS) is 10.9. The van der Waals surface area contributed by atoms with E-state index in [9.17, 15) is 0 Å². The Morgan fingerprint density at radius 3 is 2.04 bits per heavy atom. The smallest absolute Gasteiger partial charge is 0.0568 e. The summed E-state index contributed by atoms with van der Waals surface area (Å²) in [4.78, 5) is 0. The number of aryl methyl sites for hydroxylation is 1. The molecule has 116 valence electrons. The highest BCUT2D eigenvalue weighted by Gasteiger charge is 2.19. The third-order valence-electron chi connectivity index (χ3n) is 4.58. The highest BCUT2D eigenvalue weighted by Crippen LogP contribution is 2.39. The number of fused-ring (bicyclic) bond motifs is 1. The second-order valence-electron chi connectivity index (χ2n) is 6.01. The molecule has 0 atom stereocenters. The molecule has 0 fully saturated rings. The molecule has 0 saturated heterocycles. The summed E-state index contributed by atoms with van der Waals surface area (Å²) in [7, 11) is 2.13. The van der Waals surface area contributed by atoms with Gasteiger partial charge in [0.2, 0.25) is 0 Å². The minimum atomic E-state index is 1.06. The summed E-state index contributed by atoms with van der Waals surface area (Å²) >= 11 is 0. The Balaban J connectivity index is 2.05. The van der Waals surface area contributed by atoms with E-state index in [1.54, 1.807) is 0 Å². The molecule has 24 heavy (non-hydrogen) atoms. The Labute approximate surface area is 142 Å². The van der Waals surface area contributed by atoms with Crippen LogP contribution in [-0.4, -0.2) is 4.57 Å². The predicted octanol–water partition coefficient (Wildman–Crippen LogP) is 5.91. The van der Waals surface area contributed by atoms with Crippen molar-refractivity contribution in [2.75, 3.05) is 0 Å². The molecular formula is C23H19N. The fraction of sp³-hybridized carbons (Fsp3) is 0.0435. The van der Waals surface area contributed by atoms with Crippen molar-refractivity contribution < 1.29 is 0 Å². The lowest BCUT2D eigenvalue weighted by molar-refractivity contribution is 0.977. The van der Waals surface area contributed by atoms with Gasteiger partial charge in [0.15, 0.2) is 0 Å². The summed E-state index contributed by atoms with van der Waals surface area (Å²) in [6, 6.07) is 29.5. The zero-order chi connectivity index (χ0) is 16.5. The molecule has 0 aliphatic rings. The second kappa shape index (κ2) is 5.86. The molecule has 0 spiro atoms. The predicted molar refractivity (Wildman–Crippen MR) is 103 cm³/mol. The van der Waals surface area contributed by atoms with Crippen molar-refractivity contribution in [1.82, 2.24) is 4.57 Å².